The number of aromatic nitrogens is 2. The van der Waals surface area contributed by atoms with Gasteiger partial charge in [-0.3, -0.25) is 9.59 Å². The van der Waals surface area contributed by atoms with Crippen molar-refractivity contribution in [2.75, 3.05) is 5.32 Å². The average molecular weight is 419 g/mol. The number of anilines is 1. The highest BCUT2D eigenvalue weighted by Gasteiger charge is 2.42. The van der Waals surface area contributed by atoms with Crippen molar-refractivity contribution in [3.8, 4) is 11.5 Å². The van der Waals surface area contributed by atoms with Crippen LogP contribution in [-0.4, -0.2) is 21.5 Å². The predicted molar refractivity (Wildman–Crippen MR) is 118 cm³/mol. The molecule has 31 heavy (non-hydrogen) atoms. The summed E-state index contributed by atoms with van der Waals surface area (Å²) in [5.41, 5.74) is 0.638. The van der Waals surface area contributed by atoms with E-state index in [2.05, 4.69) is 10.4 Å². The second-order valence-electron chi connectivity index (χ2n) is 8.21. The molecule has 2 heterocycles. The third-order valence-electron chi connectivity index (χ3n) is 5.93. The fourth-order valence-electron chi connectivity index (χ4n) is 4.42. The van der Waals surface area contributed by atoms with E-state index in [1.807, 2.05) is 13.0 Å². The Morgan fingerprint density at radius 3 is 2.58 bits per heavy atom. The molecule has 2 aromatic carbocycles. The molecule has 2 aliphatic rings. The van der Waals surface area contributed by atoms with Crippen molar-refractivity contribution in [3.63, 3.8) is 0 Å². The van der Waals surface area contributed by atoms with Gasteiger partial charge in [-0.1, -0.05) is 31.5 Å². The first kappa shape index (κ1) is 19.6. The maximum Gasteiger partial charge on any atom is 0.276 e. The minimum Gasteiger partial charge on any atom is -0.448 e. The molecule has 1 saturated carbocycles. The van der Waals surface area contributed by atoms with Crippen LogP contribution in [0.25, 0.3) is 10.8 Å². The van der Waals surface area contributed by atoms with Gasteiger partial charge < -0.3 is 14.8 Å². The summed E-state index contributed by atoms with van der Waals surface area (Å²) in [7, 11) is 0. The summed E-state index contributed by atoms with van der Waals surface area (Å²) in [6.07, 6.45) is 5.87. The highest BCUT2D eigenvalue weighted by atomic mass is 16.7. The Labute approximate surface area is 180 Å². The normalized spacial score (nSPS) is 16.5. The van der Waals surface area contributed by atoms with Crippen molar-refractivity contribution in [1.29, 1.82) is 0 Å². The Bertz CT molecular complexity index is 1210. The maximum atomic E-state index is 13.1. The summed E-state index contributed by atoms with van der Waals surface area (Å²) in [6, 6.07) is 12.5. The van der Waals surface area contributed by atoms with Gasteiger partial charge in [0.05, 0.1) is 5.39 Å². The van der Waals surface area contributed by atoms with Crippen LogP contribution < -0.4 is 20.3 Å². The fraction of sp³-hybridized carbons (Fsp3) is 0.375. The first-order valence-corrected chi connectivity index (χ1v) is 10.9. The third-order valence-corrected chi connectivity index (χ3v) is 5.93. The molecule has 3 aromatic rings. The molecule has 0 bridgehead atoms. The number of nitrogens with zero attached hydrogens (tertiary/aromatic N) is 2. The van der Waals surface area contributed by atoms with Crippen LogP contribution in [0.15, 0.2) is 47.3 Å². The Kier molecular flexibility index (Phi) is 4.88. The molecule has 0 radical (unpaired) electrons. The zero-order chi connectivity index (χ0) is 21.4. The van der Waals surface area contributed by atoms with Crippen molar-refractivity contribution in [1.82, 2.24) is 9.78 Å². The van der Waals surface area contributed by atoms with Gasteiger partial charge in [0.2, 0.25) is 0 Å². The Balaban J connectivity index is 1.44. The molecule has 5 rings (SSSR count). The van der Waals surface area contributed by atoms with E-state index in [4.69, 9.17) is 9.47 Å². The summed E-state index contributed by atoms with van der Waals surface area (Å²) in [5.74, 6) is 0.428. The van der Waals surface area contributed by atoms with Crippen LogP contribution in [-0.2, 0) is 6.54 Å². The van der Waals surface area contributed by atoms with Gasteiger partial charge in [-0.15, -0.1) is 0 Å². The van der Waals surface area contributed by atoms with Crippen molar-refractivity contribution < 1.29 is 14.3 Å². The van der Waals surface area contributed by atoms with E-state index in [0.717, 1.165) is 32.1 Å². The molecular weight excluding hydrogens is 394 g/mol. The number of carbonyl (C=O) groups excluding carboxylic acids is 1. The Hall–Kier alpha value is -3.35. The minimum absolute atomic E-state index is 0.185. The SMILES string of the molecule is CCCn1nc(C(=O)Nc2ccc3c(c2)OC2(CCCCC2)O3)c2ccccc2c1=O. The van der Waals surface area contributed by atoms with Gasteiger partial charge in [-0.25, -0.2) is 4.68 Å². The number of hydrogen-bond donors (Lipinski definition) is 1. The molecule has 1 aromatic heterocycles. The molecule has 7 heteroatoms. The molecule has 1 spiro atoms. The number of amides is 1. The first-order chi connectivity index (χ1) is 15.1. The number of nitrogens with one attached hydrogen (secondary N) is 1. The zero-order valence-corrected chi connectivity index (χ0v) is 17.5. The van der Waals surface area contributed by atoms with E-state index in [1.54, 1.807) is 36.4 Å². The number of ether oxygens (including phenoxy) is 2. The molecule has 1 N–H and O–H groups in total. The van der Waals surface area contributed by atoms with Crippen LogP contribution in [0, 0.1) is 0 Å². The average Bonchev–Trinajstić information content (AvgIpc) is 3.12. The Morgan fingerprint density at radius 1 is 1.06 bits per heavy atom. The lowest BCUT2D eigenvalue weighted by Gasteiger charge is -2.31. The molecule has 1 fully saturated rings. The summed E-state index contributed by atoms with van der Waals surface area (Å²) >= 11 is 0. The van der Waals surface area contributed by atoms with Crippen LogP contribution in [0.5, 0.6) is 11.5 Å². The molecular formula is C24H25N3O4. The second kappa shape index (κ2) is 7.72. The molecule has 7 nitrogen and oxygen atoms in total. The predicted octanol–water partition coefficient (Wildman–Crippen LogP) is 4.49. The lowest BCUT2D eigenvalue weighted by molar-refractivity contribution is -0.105. The van der Waals surface area contributed by atoms with Crippen LogP contribution in [0.4, 0.5) is 5.69 Å². The van der Waals surface area contributed by atoms with Crippen molar-refractivity contribution in [3.05, 3.63) is 58.5 Å². The van der Waals surface area contributed by atoms with Crippen molar-refractivity contribution in [2.45, 2.75) is 57.8 Å². The summed E-state index contributed by atoms with van der Waals surface area (Å²) in [6.45, 7) is 2.42. The van der Waals surface area contributed by atoms with E-state index in [0.29, 0.717) is 34.5 Å². The van der Waals surface area contributed by atoms with Gasteiger partial charge in [0, 0.05) is 36.5 Å². The Morgan fingerprint density at radius 2 is 1.81 bits per heavy atom. The molecule has 0 unspecified atom stereocenters. The highest BCUT2D eigenvalue weighted by molar-refractivity contribution is 6.11. The minimum atomic E-state index is -0.559. The van der Waals surface area contributed by atoms with Crippen LogP contribution in [0.2, 0.25) is 0 Å². The van der Waals surface area contributed by atoms with E-state index in [-0.39, 0.29) is 17.2 Å². The maximum absolute atomic E-state index is 13.1. The highest BCUT2D eigenvalue weighted by Crippen LogP contribution is 2.46. The van der Waals surface area contributed by atoms with E-state index in [9.17, 15) is 9.59 Å². The van der Waals surface area contributed by atoms with Gasteiger partial charge in [0.1, 0.15) is 0 Å². The van der Waals surface area contributed by atoms with Gasteiger partial charge in [-0.05, 0) is 37.5 Å². The lowest BCUT2D eigenvalue weighted by Crippen LogP contribution is -2.40. The van der Waals surface area contributed by atoms with E-state index in [1.165, 1.54) is 11.1 Å². The third kappa shape index (κ3) is 3.54. The number of fused-ring (bicyclic) bond motifs is 2. The van der Waals surface area contributed by atoms with E-state index < -0.39 is 5.79 Å². The molecule has 0 saturated heterocycles. The smallest absolute Gasteiger partial charge is 0.276 e. The summed E-state index contributed by atoms with van der Waals surface area (Å²) < 4.78 is 13.6. The van der Waals surface area contributed by atoms with Crippen molar-refractivity contribution in [2.24, 2.45) is 0 Å². The van der Waals surface area contributed by atoms with Gasteiger partial charge in [0.15, 0.2) is 17.2 Å². The van der Waals surface area contributed by atoms with Gasteiger partial charge >= 0.3 is 0 Å². The van der Waals surface area contributed by atoms with Gasteiger partial charge in [-0.2, -0.15) is 5.10 Å². The van der Waals surface area contributed by atoms with Crippen molar-refractivity contribution >= 4 is 22.4 Å². The van der Waals surface area contributed by atoms with E-state index >= 15 is 0 Å². The van der Waals surface area contributed by atoms with Gasteiger partial charge in [0.25, 0.3) is 17.3 Å². The number of rotatable bonds is 4. The second-order valence-corrected chi connectivity index (χ2v) is 8.21. The largest absolute Gasteiger partial charge is 0.448 e. The number of carbonyl (C=O) groups is 1. The standard InChI is InChI=1S/C24H25N3O4/c1-2-14-27-23(29)18-9-5-4-8-17(18)21(26-27)22(28)25-16-10-11-19-20(15-16)31-24(30-19)12-6-3-7-13-24/h4-5,8-11,15H,2-3,6-7,12-14H2,1H3,(H,25,28). The first-order valence-electron chi connectivity index (χ1n) is 10.9. The quantitative estimate of drug-likeness (QED) is 0.674. The molecule has 0 atom stereocenters. The molecule has 1 aliphatic carbocycles. The van der Waals surface area contributed by atoms with Crippen LogP contribution in [0.3, 0.4) is 0 Å². The topological polar surface area (TPSA) is 82.5 Å². The molecule has 1 aliphatic heterocycles. The molecule has 160 valence electrons. The summed E-state index contributed by atoms with van der Waals surface area (Å²) in [5, 5.41) is 8.30. The fourth-order valence-corrected chi connectivity index (χ4v) is 4.42. The lowest BCUT2D eigenvalue weighted by atomic mass is 9.94. The zero-order valence-electron chi connectivity index (χ0n) is 17.5. The van der Waals surface area contributed by atoms with Crippen LogP contribution in [0.1, 0.15) is 55.9 Å². The van der Waals surface area contributed by atoms with Crippen LogP contribution >= 0.6 is 0 Å². The number of hydrogen-bond acceptors (Lipinski definition) is 5. The summed E-state index contributed by atoms with van der Waals surface area (Å²) in [4.78, 5) is 25.8. The monoisotopic (exact) mass is 419 g/mol. The molecule has 1 amide bonds. The number of aryl methyl sites for hydroxylation is 1. The number of benzene rings is 2.